The molecule has 0 spiro atoms. The van der Waals surface area contributed by atoms with E-state index in [1.165, 1.54) is 12.8 Å². The minimum atomic E-state index is -3.51. The number of aryl methyl sites for hydroxylation is 1. The van der Waals surface area contributed by atoms with Gasteiger partial charge in [-0.05, 0) is 38.5 Å². The largest absolute Gasteiger partial charge is 0.310 e. The highest BCUT2D eigenvalue weighted by atomic mass is 32.2. The van der Waals surface area contributed by atoms with Crippen molar-refractivity contribution >= 4 is 10.0 Å². The van der Waals surface area contributed by atoms with E-state index in [0.717, 1.165) is 24.1 Å². The molecule has 0 aliphatic heterocycles. The number of aromatic amines is 1. The SMILES string of the molecule is Cc1[nH]nc(S(=O)(=O)NC2CC(C)C2)c1CNC1CC1. The van der Waals surface area contributed by atoms with Gasteiger partial charge in [-0.3, -0.25) is 5.10 Å². The standard InChI is InChI=1S/C13H22N4O2S/c1-8-5-11(6-8)17-20(18,19)13-12(9(2)15-16-13)7-14-10-3-4-10/h8,10-11,14,17H,3-7H2,1-2H3,(H,15,16). The number of sulfonamides is 1. The Hall–Kier alpha value is -0.920. The van der Waals surface area contributed by atoms with Gasteiger partial charge in [0.25, 0.3) is 10.0 Å². The number of H-pyrrole nitrogens is 1. The molecule has 1 aromatic rings. The summed E-state index contributed by atoms with van der Waals surface area (Å²) >= 11 is 0. The van der Waals surface area contributed by atoms with Gasteiger partial charge in [-0.1, -0.05) is 6.92 Å². The maximum Gasteiger partial charge on any atom is 0.260 e. The van der Waals surface area contributed by atoms with E-state index in [1.54, 1.807) is 0 Å². The molecule has 7 heteroatoms. The van der Waals surface area contributed by atoms with Crippen molar-refractivity contribution in [3.05, 3.63) is 11.3 Å². The van der Waals surface area contributed by atoms with Gasteiger partial charge in [0.15, 0.2) is 5.03 Å². The van der Waals surface area contributed by atoms with Crippen LogP contribution in [0.15, 0.2) is 5.03 Å². The van der Waals surface area contributed by atoms with Gasteiger partial charge in [0, 0.05) is 29.9 Å². The summed E-state index contributed by atoms with van der Waals surface area (Å²) in [4.78, 5) is 0. The topological polar surface area (TPSA) is 86.9 Å². The maximum absolute atomic E-state index is 12.4. The normalized spacial score (nSPS) is 26.5. The summed E-state index contributed by atoms with van der Waals surface area (Å²) in [6.45, 7) is 4.56. The first kappa shape index (κ1) is 14.0. The van der Waals surface area contributed by atoms with Crippen LogP contribution in [-0.2, 0) is 16.6 Å². The second kappa shape index (κ2) is 5.13. The molecular formula is C13H22N4O2S. The first-order valence-corrected chi connectivity index (χ1v) is 8.73. The molecule has 0 amide bonds. The lowest BCUT2D eigenvalue weighted by Gasteiger charge is -2.32. The lowest BCUT2D eigenvalue weighted by atomic mass is 9.83. The average Bonchev–Trinajstić information content (AvgIpc) is 3.08. The van der Waals surface area contributed by atoms with Crippen molar-refractivity contribution < 1.29 is 8.42 Å². The van der Waals surface area contributed by atoms with Crippen LogP contribution in [0.2, 0.25) is 0 Å². The molecule has 6 nitrogen and oxygen atoms in total. The molecule has 3 rings (SSSR count). The van der Waals surface area contributed by atoms with E-state index >= 15 is 0 Å². The Kier molecular flexibility index (Phi) is 3.60. The third-order valence-electron chi connectivity index (χ3n) is 4.13. The second-order valence-corrected chi connectivity index (χ2v) is 7.81. The van der Waals surface area contributed by atoms with E-state index < -0.39 is 10.0 Å². The van der Waals surface area contributed by atoms with Crippen molar-refractivity contribution in [2.75, 3.05) is 0 Å². The molecule has 0 saturated heterocycles. The number of rotatable bonds is 6. The molecule has 0 aromatic carbocycles. The summed E-state index contributed by atoms with van der Waals surface area (Å²) in [5.74, 6) is 0.611. The average molecular weight is 298 g/mol. The fourth-order valence-electron chi connectivity index (χ4n) is 2.67. The summed E-state index contributed by atoms with van der Waals surface area (Å²) in [5.41, 5.74) is 1.58. The van der Waals surface area contributed by atoms with Crippen molar-refractivity contribution in [1.82, 2.24) is 20.2 Å². The summed E-state index contributed by atoms with van der Waals surface area (Å²) in [7, 11) is -3.51. The minimum Gasteiger partial charge on any atom is -0.310 e. The number of hydrogen-bond donors (Lipinski definition) is 3. The number of hydrogen-bond acceptors (Lipinski definition) is 4. The summed E-state index contributed by atoms with van der Waals surface area (Å²) < 4.78 is 27.6. The Morgan fingerprint density at radius 3 is 2.60 bits per heavy atom. The molecule has 0 unspecified atom stereocenters. The number of aromatic nitrogens is 2. The summed E-state index contributed by atoms with van der Waals surface area (Å²) in [6.07, 6.45) is 4.19. The van der Waals surface area contributed by atoms with Crippen molar-refractivity contribution in [2.45, 2.75) is 63.2 Å². The number of nitrogens with one attached hydrogen (secondary N) is 3. The van der Waals surface area contributed by atoms with Crippen LogP contribution < -0.4 is 10.0 Å². The predicted molar refractivity (Wildman–Crippen MR) is 75.7 cm³/mol. The zero-order valence-electron chi connectivity index (χ0n) is 11.9. The second-order valence-electron chi connectivity index (χ2n) is 6.18. The number of nitrogens with zero attached hydrogens (tertiary/aromatic N) is 1. The third-order valence-corrected chi connectivity index (χ3v) is 5.62. The van der Waals surface area contributed by atoms with E-state index in [2.05, 4.69) is 27.2 Å². The van der Waals surface area contributed by atoms with Crippen LogP contribution in [0.5, 0.6) is 0 Å². The van der Waals surface area contributed by atoms with Crippen molar-refractivity contribution in [2.24, 2.45) is 5.92 Å². The molecule has 112 valence electrons. The van der Waals surface area contributed by atoms with Gasteiger partial charge in [-0.25, -0.2) is 13.1 Å². The zero-order chi connectivity index (χ0) is 14.3. The van der Waals surface area contributed by atoms with Crippen LogP contribution in [0.3, 0.4) is 0 Å². The highest BCUT2D eigenvalue weighted by molar-refractivity contribution is 7.89. The maximum atomic E-state index is 12.4. The van der Waals surface area contributed by atoms with Crippen LogP contribution in [0, 0.1) is 12.8 Å². The third kappa shape index (κ3) is 2.89. The van der Waals surface area contributed by atoms with Gasteiger partial charge in [-0.2, -0.15) is 5.10 Å². The fourth-order valence-corrected chi connectivity index (χ4v) is 4.13. The molecule has 0 radical (unpaired) electrons. The first-order valence-electron chi connectivity index (χ1n) is 7.25. The Labute approximate surface area is 119 Å². The molecule has 3 N–H and O–H groups in total. The molecular weight excluding hydrogens is 276 g/mol. The fraction of sp³-hybridized carbons (Fsp3) is 0.769. The zero-order valence-corrected chi connectivity index (χ0v) is 12.8. The molecule has 2 aliphatic carbocycles. The van der Waals surface area contributed by atoms with Crippen LogP contribution in [0.25, 0.3) is 0 Å². The summed E-state index contributed by atoms with van der Waals surface area (Å²) in [5, 5.41) is 10.3. The first-order chi connectivity index (χ1) is 9.45. The lowest BCUT2D eigenvalue weighted by molar-refractivity contribution is 0.270. The lowest BCUT2D eigenvalue weighted by Crippen LogP contribution is -2.43. The van der Waals surface area contributed by atoms with Gasteiger partial charge in [-0.15, -0.1) is 0 Å². The van der Waals surface area contributed by atoms with E-state index in [-0.39, 0.29) is 11.1 Å². The minimum absolute atomic E-state index is 0.0660. The molecule has 2 saturated carbocycles. The highest BCUT2D eigenvalue weighted by Gasteiger charge is 2.33. The molecule has 20 heavy (non-hydrogen) atoms. The van der Waals surface area contributed by atoms with Crippen LogP contribution >= 0.6 is 0 Å². The van der Waals surface area contributed by atoms with Gasteiger partial charge in [0.2, 0.25) is 0 Å². The highest BCUT2D eigenvalue weighted by Crippen LogP contribution is 2.28. The van der Waals surface area contributed by atoms with E-state index in [0.29, 0.717) is 18.5 Å². The predicted octanol–water partition coefficient (Wildman–Crippen LogP) is 1.05. The Bertz CT molecular complexity index is 586. The van der Waals surface area contributed by atoms with Gasteiger partial charge in [0.05, 0.1) is 0 Å². The van der Waals surface area contributed by atoms with Crippen molar-refractivity contribution in [1.29, 1.82) is 0 Å². The van der Waals surface area contributed by atoms with E-state index in [9.17, 15) is 8.42 Å². The van der Waals surface area contributed by atoms with Crippen molar-refractivity contribution in [3.8, 4) is 0 Å². The molecule has 2 aliphatic rings. The van der Waals surface area contributed by atoms with Crippen LogP contribution in [0.4, 0.5) is 0 Å². The molecule has 2 fully saturated rings. The Morgan fingerprint density at radius 2 is 2.00 bits per heavy atom. The van der Waals surface area contributed by atoms with Gasteiger partial charge < -0.3 is 5.32 Å². The van der Waals surface area contributed by atoms with Crippen LogP contribution in [0.1, 0.15) is 43.9 Å². The Balaban J connectivity index is 1.73. The molecule has 0 atom stereocenters. The molecule has 1 aromatic heterocycles. The monoisotopic (exact) mass is 298 g/mol. The molecule has 1 heterocycles. The van der Waals surface area contributed by atoms with Gasteiger partial charge in [0.1, 0.15) is 0 Å². The Morgan fingerprint density at radius 1 is 1.30 bits per heavy atom. The summed E-state index contributed by atoms with van der Waals surface area (Å²) in [6, 6.07) is 0.608. The molecule has 0 bridgehead atoms. The van der Waals surface area contributed by atoms with E-state index in [1.807, 2.05) is 6.92 Å². The quantitative estimate of drug-likeness (QED) is 0.732. The van der Waals surface area contributed by atoms with Gasteiger partial charge >= 0.3 is 0 Å². The van der Waals surface area contributed by atoms with Crippen molar-refractivity contribution in [3.63, 3.8) is 0 Å². The van der Waals surface area contributed by atoms with E-state index in [4.69, 9.17) is 0 Å². The smallest absolute Gasteiger partial charge is 0.260 e. The van der Waals surface area contributed by atoms with Crippen LogP contribution in [-0.4, -0.2) is 30.7 Å².